The summed E-state index contributed by atoms with van der Waals surface area (Å²) in [5.74, 6) is -2.74. The van der Waals surface area contributed by atoms with E-state index in [0.717, 1.165) is 98.0 Å². The van der Waals surface area contributed by atoms with E-state index in [0.29, 0.717) is 12.8 Å². The highest BCUT2D eigenvalue weighted by Crippen LogP contribution is 2.49. The number of carbonyl (C=O) groups excluding carboxylic acids is 2. The van der Waals surface area contributed by atoms with Crippen molar-refractivity contribution in [2.24, 2.45) is 11.1 Å². The van der Waals surface area contributed by atoms with E-state index < -0.39 is 40.3 Å². The number of nitrogens with zero attached hydrogens (tertiary/aromatic N) is 1. The van der Waals surface area contributed by atoms with Gasteiger partial charge in [0.1, 0.15) is 5.41 Å². The van der Waals surface area contributed by atoms with Crippen LogP contribution < -0.4 is 5.73 Å². The SMILES string of the molecule is NC(=O)C1(C(=O)N(CC(O)(Cc2cccc3ccccc23)C(c2cccc3ccccc23)c2cccc3ccccc23)CC(O)(Cc2cccc3ccccc23)C(c2cccc3ccccc23)c2cccc3ccccc23)CCCC1. The van der Waals surface area contributed by atoms with E-state index >= 15 is 15.0 Å². The molecule has 12 aromatic carbocycles. The monoisotopic (exact) mass is 1060 g/mol. The molecule has 398 valence electrons. The third-order valence-electron chi connectivity index (χ3n) is 17.9. The van der Waals surface area contributed by atoms with Gasteiger partial charge < -0.3 is 20.8 Å². The first-order valence-electron chi connectivity index (χ1n) is 28.5. The maximum absolute atomic E-state index is 16.8. The van der Waals surface area contributed by atoms with Gasteiger partial charge in [0.05, 0.1) is 24.3 Å². The van der Waals surface area contributed by atoms with Crippen molar-refractivity contribution in [3.63, 3.8) is 0 Å². The summed E-state index contributed by atoms with van der Waals surface area (Å²) in [5.41, 5.74) is 6.66. The average molecular weight is 1060 g/mol. The summed E-state index contributed by atoms with van der Waals surface area (Å²) < 4.78 is 0. The second-order valence-corrected chi connectivity index (χ2v) is 22.8. The van der Waals surface area contributed by atoms with Crippen LogP contribution in [0.4, 0.5) is 0 Å². The Balaban J connectivity index is 1.11. The standard InChI is InChI=1S/C75H64N2O4/c76-71(78)73(45-13-14-46-73)72(79)77(49-74(80,47-57-33-15-27-51-21-1-7-35-59(51)57)69(65-41-17-29-53-23-3-9-37-61(53)65)66-42-18-30-54-24-4-10-38-62(54)66)50-75(81,48-58-34-16-28-52-22-2-8-36-60(52)58)70(67-43-19-31-55-25-5-11-39-63(55)67)68-44-20-32-56-26-6-12-40-64(56)68/h1-12,15-44,69-70,80-81H,13-14,45-50H2,(H2,76,78). The van der Waals surface area contributed by atoms with Gasteiger partial charge in [0.2, 0.25) is 11.8 Å². The van der Waals surface area contributed by atoms with Gasteiger partial charge in [0.15, 0.2) is 0 Å². The number of benzene rings is 12. The zero-order chi connectivity index (χ0) is 55.1. The summed E-state index contributed by atoms with van der Waals surface area (Å²) in [4.78, 5) is 33.0. The summed E-state index contributed by atoms with van der Waals surface area (Å²) in [6, 6.07) is 87.1. The molecule has 0 radical (unpaired) electrons. The molecule has 6 nitrogen and oxygen atoms in total. The number of amides is 2. The van der Waals surface area contributed by atoms with Crippen LogP contribution in [-0.2, 0) is 22.4 Å². The van der Waals surface area contributed by atoms with Gasteiger partial charge in [-0.15, -0.1) is 0 Å². The largest absolute Gasteiger partial charge is 0.387 e. The lowest BCUT2D eigenvalue weighted by molar-refractivity contribution is -0.156. The maximum Gasteiger partial charge on any atom is 0.238 e. The number of aliphatic hydroxyl groups is 2. The van der Waals surface area contributed by atoms with E-state index in [1.807, 2.05) is 84.9 Å². The molecule has 2 atom stereocenters. The molecule has 0 aliphatic heterocycles. The van der Waals surface area contributed by atoms with Gasteiger partial charge in [-0.25, -0.2) is 0 Å². The highest BCUT2D eigenvalue weighted by atomic mass is 16.3. The third kappa shape index (κ3) is 9.38. The maximum atomic E-state index is 16.8. The van der Waals surface area contributed by atoms with Gasteiger partial charge in [-0.2, -0.15) is 0 Å². The van der Waals surface area contributed by atoms with Gasteiger partial charge in [0, 0.05) is 24.7 Å². The second kappa shape index (κ2) is 21.3. The van der Waals surface area contributed by atoms with Crippen LogP contribution in [0.5, 0.6) is 0 Å². The van der Waals surface area contributed by atoms with E-state index in [-0.39, 0.29) is 38.8 Å². The van der Waals surface area contributed by atoms with Gasteiger partial charge in [0.25, 0.3) is 0 Å². The fourth-order valence-electron chi connectivity index (χ4n) is 14.3. The smallest absolute Gasteiger partial charge is 0.238 e. The lowest BCUT2D eigenvalue weighted by atomic mass is 9.69. The molecule has 6 heteroatoms. The quantitative estimate of drug-likeness (QED) is 0.0839. The number of fused-ring (bicyclic) bond motifs is 6. The van der Waals surface area contributed by atoms with E-state index in [2.05, 4.69) is 170 Å². The normalized spacial score (nSPS) is 15.0. The molecule has 0 saturated heterocycles. The van der Waals surface area contributed by atoms with Crippen LogP contribution in [0.15, 0.2) is 255 Å². The molecule has 2 amide bonds. The van der Waals surface area contributed by atoms with Gasteiger partial charge in [-0.3, -0.25) is 9.59 Å². The molecule has 1 aliphatic rings. The number of rotatable bonds is 16. The van der Waals surface area contributed by atoms with E-state index in [1.54, 1.807) is 4.90 Å². The highest BCUT2D eigenvalue weighted by Gasteiger charge is 2.54. The van der Waals surface area contributed by atoms with Gasteiger partial charge in [-0.1, -0.05) is 268 Å². The van der Waals surface area contributed by atoms with E-state index in [4.69, 9.17) is 5.73 Å². The molecule has 4 N–H and O–H groups in total. The van der Waals surface area contributed by atoms with Crippen molar-refractivity contribution >= 4 is 76.4 Å². The Morgan fingerprint density at radius 2 is 0.642 bits per heavy atom. The van der Waals surface area contributed by atoms with E-state index in [9.17, 15) is 4.79 Å². The Bertz CT molecular complexity index is 3910. The molecule has 12 aromatic rings. The third-order valence-corrected chi connectivity index (χ3v) is 17.9. The lowest BCUT2D eigenvalue weighted by Crippen LogP contribution is -2.61. The zero-order valence-corrected chi connectivity index (χ0v) is 45.3. The van der Waals surface area contributed by atoms with Crippen LogP contribution in [0.2, 0.25) is 0 Å². The Hall–Kier alpha value is -8.94. The van der Waals surface area contributed by atoms with Gasteiger partial charge >= 0.3 is 0 Å². The van der Waals surface area contributed by atoms with Crippen molar-refractivity contribution in [3.8, 4) is 0 Å². The number of primary amides is 1. The van der Waals surface area contributed by atoms with Crippen molar-refractivity contribution < 1.29 is 19.8 Å². The lowest BCUT2D eigenvalue weighted by Gasteiger charge is -2.47. The predicted octanol–water partition coefficient (Wildman–Crippen LogP) is 15.4. The Morgan fingerprint density at radius 3 is 0.951 bits per heavy atom. The van der Waals surface area contributed by atoms with Crippen molar-refractivity contribution in [3.05, 3.63) is 288 Å². The minimum atomic E-state index is -1.85. The summed E-state index contributed by atoms with van der Waals surface area (Å²) in [6.45, 7) is -0.562. The Morgan fingerprint density at radius 1 is 0.383 bits per heavy atom. The van der Waals surface area contributed by atoms with Crippen LogP contribution in [0.1, 0.15) is 70.9 Å². The molecule has 2 unspecified atom stereocenters. The van der Waals surface area contributed by atoms with Crippen LogP contribution >= 0.6 is 0 Å². The molecule has 0 heterocycles. The molecular weight excluding hydrogens is 993 g/mol. The molecule has 0 spiro atoms. The van der Waals surface area contributed by atoms with Gasteiger partial charge in [-0.05, 0) is 111 Å². The Kier molecular flexibility index (Phi) is 13.5. The first kappa shape index (κ1) is 51.5. The van der Waals surface area contributed by atoms with E-state index in [1.165, 1.54) is 0 Å². The molecular formula is C75H64N2O4. The van der Waals surface area contributed by atoms with Crippen molar-refractivity contribution in [2.45, 2.75) is 61.6 Å². The first-order valence-corrected chi connectivity index (χ1v) is 28.5. The molecule has 13 rings (SSSR count). The summed E-state index contributed by atoms with van der Waals surface area (Å²) in [6.07, 6.45) is 1.96. The molecule has 1 aliphatic carbocycles. The fourth-order valence-corrected chi connectivity index (χ4v) is 14.3. The minimum Gasteiger partial charge on any atom is -0.387 e. The van der Waals surface area contributed by atoms with Crippen LogP contribution in [0, 0.1) is 5.41 Å². The summed E-state index contributed by atoms with van der Waals surface area (Å²) in [5, 5.41) is 42.3. The van der Waals surface area contributed by atoms with Crippen molar-refractivity contribution in [1.82, 2.24) is 4.90 Å². The fraction of sp³-hybridized carbons (Fsp3) is 0.173. The predicted molar refractivity (Wildman–Crippen MR) is 331 cm³/mol. The number of hydrogen-bond acceptors (Lipinski definition) is 4. The molecule has 1 fully saturated rings. The van der Waals surface area contributed by atoms with Crippen molar-refractivity contribution in [1.29, 1.82) is 0 Å². The minimum absolute atomic E-state index is 0.0939. The molecule has 1 saturated carbocycles. The summed E-state index contributed by atoms with van der Waals surface area (Å²) >= 11 is 0. The van der Waals surface area contributed by atoms with Crippen LogP contribution in [0.3, 0.4) is 0 Å². The number of carbonyl (C=O) groups is 2. The van der Waals surface area contributed by atoms with Crippen LogP contribution in [-0.4, -0.2) is 51.2 Å². The Labute approximate surface area is 472 Å². The molecule has 0 bridgehead atoms. The number of nitrogens with two attached hydrogens (primary N) is 1. The highest BCUT2D eigenvalue weighted by molar-refractivity contribution is 6.05. The van der Waals surface area contributed by atoms with Crippen LogP contribution in [0.25, 0.3) is 64.6 Å². The summed E-state index contributed by atoms with van der Waals surface area (Å²) in [7, 11) is 0. The number of hydrogen-bond donors (Lipinski definition) is 3. The van der Waals surface area contributed by atoms with Crippen molar-refractivity contribution in [2.75, 3.05) is 13.1 Å². The second-order valence-electron chi connectivity index (χ2n) is 22.8. The first-order chi connectivity index (χ1) is 39.6. The average Bonchev–Trinajstić information content (AvgIpc) is 4.15. The molecule has 0 aromatic heterocycles. The topological polar surface area (TPSA) is 104 Å². The zero-order valence-electron chi connectivity index (χ0n) is 45.3. The molecule has 81 heavy (non-hydrogen) atoms.